The molecule has 4 rings (SSSR count). The summed E-state index contributed by atoms with van der Waals surface area (Å²) in [5, 5.41) is 25.0. The number of nitrogens with one attached hydrogen (secondary N) is 2. The molecule has 0 amide bonds. The van der Waals surface area contributed by atoms with Gasteiger partial charge in [0.1, 0.15) is 10.2 Å². The van der Waals surface area contributed by atoms with Crippen LogP contribution in [0.3, 0.4) is 0 Å². The van der Waals surface area contributed by atoms with Crippen molar-refractivity contribution in [2.45, 2.75) is 39.8 Å². The summed E-state index contributed by atoms with van der Waals surface area (Å²) in [7, 11) is 0. The largest absolute Gasteiger partial charge is 0.437 e. The van der Waals surface area contributed by atoms with Gasteiger partial charge in [0.15, 0.2) is 5.82 Å². The smallest absolute Gasteiger partial charge is 0.240 e. The van der Waals surface area contributed by atoms with Gasteiger partial charge in [0.05, 0.1) is 29.4 Å². The van der Waals surface area contributed by atoms with Crippen molar-refractivity contribution in [1.29, 1.82) is 10.5 Å². The Kier molecular flexibility index (Phi) is 7.50. The molecular weight excluding hydrogens is 506 g/mol. The third-order valence-corrected chi connectivity index (χ3v) is 6.63. The van der Waals surface area contributed by atoms with Gasteiger partial charge in [-0.3, -0.25) is 4.90 Å². The predicted molar refractivity (Wildman–Crippen MR) is 139 cm³/mol. The van der Waals surface area contributed by atoms with Gasteiger partial charge in [0.2, 0.25) is 11.8 Å². The molecular formula is C26H26BrN7O. The number of aromatic nitrogens is 2. The van der Waals surface area contributed by atoms with Gasteiger partial charge in [-0.15, -0.1) is 0 Å². The molecule has 1 aliphatic rings. The molecule has 35 heavy (non-hydrogen) atoms. The highest BCUT2D eigenvalue weighted by Gasteiger charge is 2.22. The van der Waals surface area contributed by atoms with E-state index in [1.165, 1.54) is 12.8 Å². The summed E-state index contributed by atoms with van der Waals surface area (Å²) < 4.78 is 6.90. The first-order chi connectivity index (χ1) is 16.9. The summed E-state index contributed by atoms with van der Waals surface area (Å²) >= 11 is 3.64. The second-order valence-corrected chi connectivity index (χ2v) is 9.34. The zero-order valence-corrected chi connectivity index (χ0v) is 21.5. The third-order valence-electron chi connectivity index (χ3n) is 5.91. The highest BCUT2D eigenvalue weighted by molar-refractivity contribution is 9.10. The second kappa shape index (κ2) is 10.7. The van der Waals surface area contributed by atoms with Crippen molar-refractivity contribution in [3.8, 4) is 23.8 Å². The number of likely N-dealkylation sites (tertiary alicyclic amines) is 1. The van der Waals surface area contributed by atoms with E-state index in [0.717, 1.165) is 29.9 Å². The molecule has 0 bridgehead atoms. The van der Waals surface area contributed by atoms with Gasteiger partial charge in [-0.25, -0.2) is 0 Å². The molecule has 1 saturated heterocycles. The van der Waals surface area contributed by atoms with Gasteiger partial charge in [-0.05, 0) is 97.1 Å². The lowest BCUT2D eigenvalue weighted by molar-refractivity contribution is 0.282. The Bertz CT molecular complexity index is 1280. The standard InChI is InChI=1S/C26H26BrN7O/c1-16-12-20(15-29)13-17(2)23(16)35-25-22(27)24(30-18(3)34-10-4-5-11-34)32-26(33-25)31-21-8-6-19(14-28)7-9-21/h6-9,12-13,18H,4-5,10-11H2,1-3H3,(H2,30,31,32,33). The van der Waals surface area contributed by atoms with Crippen molar-refractivity contribution >= 4 is 33.4 Å². The van der Waals surface area contributed by atoms with E-state index in [9.17, 15) is 5.26 Å². The zero-order chi connectivity index (χ0) is 24.9. The fraction of sp³-hybridized carbons (Fsp3) is 0.308. The lowest BCUT2D eigenvalue weighted by atomic mass is 10.1. The molecule has 1 fully saturated rings. The molecule has 1 atom stereocenters. The molecule has 0 saturated carbocycles. The molecule has 8 nitrogen and oxygen atoms in total. The van der Waals surface area contributed by atoms with Gasteiger partial charge in [-0.1, -0.05) is 0 Å². The van der Waals surface area contributed by atoms with Gasteiger partial charge < -0.3 is 15.4 Å². The van der Waals surface area contributed by atoms with E-state index in [2.05, 4.69) is 55.5 Å². The summed E-state index contributed by atoms with van der Waals surface area (Å²) in [5.41, 5.74) is 3.59. The topological polar surface area (TPSA) is 110 Å². The normalized spacial score (nSPS) is 14.1. The maximum atomic E-state index is 9.27. The van der Waals surface area contributed by atoms with Crippen LogP contribution in [-0.4, -0.2) is 34.1 Å². The summed E-state index contributed by atoms with van der Waals surface area (Å²) in [6.45, 7) is 8.01. The van der Waals surface area contributed by atoms with E-state index in [-0.39, 0.29) is 6.17 Å². The van der Waals surface area contributed by atoms with Crippen LogP contribution in [0.2, 0.25) is 0 Å². The van der Waals surface area contributed by atoms with E-state index in [1.807, 2.05) is 13.8 Å². The summed E-state index contributed by atoms with van der Waals surface area (Å²) in [5.74, 6) is 1.96. The Labute approximate surface area is 213 Å². The number of rotatable bonds is 7. The van der Waals surface area contributed by atoms with Crippen molar-refractivity contribution in [2.24, 2.45) is 0 Å². The SMILES string of the molecule is Cc1cc(C#N)cc(C)c1Oc1nc(Nc2ccc(C#N)cc2)nc(NC(C)N2CCCC2)c1Br. The highest BCUT2D eigenvalue weighted by Crippen LogP contribution is 2.37. The number of benzene rings is 2. The van der Waals surface area contributed by atoms with Crippen molar-refractivity contribution in [3.05, 3.63) is 63.1 Å². The van der Waals surface area contributed by atoms with Crippen LogP contribution < -0.4 is 15.4 Å². The van der Waals surface area contributed by atoms with Gasteiger partial charge in [-0.2, -0.15) is 20.5 Å². The Balaban J connectivity index is 1.70. The molecule has 0 spiro atoms. The van der Waals surface area contributed by atoms with E-state index < -0.39 is 0 Å². The fourth-order valence-electron chi connectivity index (χ4n) is 4.09. The Hall–Kier alpha value is -3.66. The van der Waals surface area contributed by atoms with Gasteiger partial charge in [0, 0.05) is 18.8 Å². The molecule has 9 heteroatoms. The van der Waals surface area contributed by atoms with Crippen molar-refractivity contribution in [3.63, 3.8) is 0 Å². The minimum Gasteiger partial charge on any atom is -0.437 e. The van der Waals surface area contributed by atoms with Crippen molar-refractivity contribution in [1.82, 2.24) is 14.9 Å². The molecule has 0 radical (unpaired) electrons. The first-order valence-corrected chi connectivity index (χ1v) is 12.2. The van der Waals surface area contributed by atoms with Crippen LogP contribution >= 0.6 is 15.9 Å². The Morgan fingerprint density at radius 2 is 1.63 bits per heavy atom. The lowest BCUT2D eigenvalue weighted by Crippen LogP contribution is -2.36. The molecule has 2 heterocycles. The van der Waals surface area contributed by atoms with Crippen LogP contribution in [0.15, 0.2) is 40.9 Å². The van der Waals surface area contributed by atoms with E-state index in [4.69, 9.17) is 15.0 Å². The van der Waals surface area contributed by atoms with Gasteiger partial charge >= 0.3 is 0 Å². The molecule has 0 aliphatic carbocycles. The van der Waals surface area contributed by atoms with Crippen LogP contribution in [0.1, 0.15) is 42.0 Å². The minimum absolute atomic E-state index is 0.0812. The quantitative estimate of drug-likeness (QED) is 0.382. The predicted octanol–water partition coefficient (Wildman–Crippen LogP) is 5.99. The van der Waals surface area contributed by atoms with E-state index >= 15 is 0 Å². The molecule has 3 aromatic rings. The van der Waals surface area contributed by atoms with Crippen LogP contribution in [0.5, 0.6) is 11.6 Å². The number of hydrogen-bond acceptors (Lipinski definition) is 8. The summed E-state index contributed by atoms with van der Waals surface area (Å²) in [6.07, 6.45) is 2.46. The van der Waals surface area contributed by atoms with Crippen LogP contribution in [0.25, 0.3) is 0 Å². The van der Waals surface area contributed by atoms with E-state index in [1.54, 1.807) is 36.4 Å². The third kappa shape index (κ3) is 5.71. The molecule has 1 aromatic heterocycles. The van der Waals surface area contributed by atoms with Crippen LogP contribution in [0.4, 0.5) is 17.5 Å². The maximum absolute atomic E-state index is 9.27. The molecule has 178 valence electrons. The highest BCUT2D eigenvalue weighted by atomic mass is 79.9. The fourth-order valence-corrected chi connectivity index (χ4v) is 4.47. The first-order valence-electron chi connectivity index (χ1n) is 11.4. The molecule has 1 aliphatic heterocycles. The Morgan fingerprint density at radius 3 is 2.23 bits per heavy atom. The number of nitriles is 2. The number of anilines is 3. The first kappa shape index (κ1) is 24.5. The average molecular weight is 532 g/mol. The number of halogens is 1. The van der Waals surface area contributed by atoms with E-state index in [0.29, 0.717) is 39.0 Å². The molecule has 1 unspecified atom stereocenters. The second-order valence-electron chi connectivity index (χ2n) is 8.55. The van der Waals surface area contributed by atoms with Crippen molar-refractivity contribution in [2.75, 3.05) is 23.7 Å². The van der Waals surface area contributed by atoms with Crippen LogP contribution in [-0.2, 0) is 0 Å². The number of hydrogen-bond donors (Lipinski definition) is 2. The Morgan fingerprint density at radius 1 is 1.00 bits per heavy atom. The minimum atomic E-state index is 0.0812. The monoisotopic (exact) mass is 531 g/mol. The number of ether oxygens (including phenoxy) is 1. The van der Waals surface area contributed by atoms with Crippen LogP contribution in [0, 0.1) is 36.5 Å². The number of nitrogens with zero attached hydrogens (tertiary/aromatic N) is 5. The average Bonchev–Trinajstić information content (AvgIpc) is 3.39. The molecule has 2 aromatic carbocycles. The maximum Gasteiger partial charge on any atom is 0.240 e. The van der Waals surface area contributed by atoms with Crippen molar-refractivity contribution < 1.29 is 4.74 Å². The number of aryl methyl sites for hydroxylation is 2. The van der Waals surface area contributed by atoms with Gasteiger partial charge in [0.25, 0.3) is 0 Å². The summed E-state index contributed by atoms with van der Waals surface area (Å²) in [6, 6.07) is 15.0. The summed E-state index contributed by atoms with van der Waals surface area (Å²) in [4.78, 5) is 11.7. The zero-order valence-electron chi connectivity index (χ0n) is 19.9. The molecule has 2 N–H and O–H groups in total. The lowest BCUT2D eigenvalue weighted by Gasteiger charge is -2.26.